The minimum atomic E-state index is -4.70. The average molecular weight is 1960 g/mol. The SMILES string of the molecule is C.[C-]#[N+]c1ccc(C(=O)Cc2ccc(F)c([C@@]3(C)N=C(N)O[C@@H](C)[C@@H]3F)c2)nc1.[C-]#[N+]c1ccc(C(=O)Cc2ccc(F)c([C@@]3(C)N=C(N)O[C@H](C)[C@@H]3F)c2)nc1.[C-]#[N+]c1ccc(C(=O)Cc2ccc(F)c([C@]3(C)C[C@@H](C)OC(N)=N3)c2)nc1.[C-]#[N+]c1ccc(C(=O)Cc2ccc(F)c([C@]3(C)C[C@H](C(F)(F)F)OC(N)=N3)c2)nc1.[C-]#[N+]c1ccc(C(=O)Cc2ccc(F)c([C@]3(CF)C[C@@H](C)OC(N)=N3)c2)nc1. The Morgan fingerprint density at radius 1 is 0.359 bits per heavy atom. The average Bonchev–Trinajstić information content (AvgIpc) is 0.751. The van der Waals surface area contributed by atoms with Crippen LogP contribution in [0.15, 0.2) is 208 Å². The van der Waals surface area contributed by atoms with Crippen molar-refractivity contribution >= 4 is 87.5 Å². The molecule has 0 spiro atoms. The summed E-state index contributed by atoms with van der Waals surface area (Å²) in [5, 5.41) is 0. The molecule has 15 rings (SSSR count). The zero-order chi connectivity index (χ0) is 103. The van der Waals surface area contributed by atoms with Crippen LogP contribution in [0.4, 0.5) is 76.7 Å². The molecule has 0 radical (unpaired) electrons. The number of Topliss-reactive ketones (excluding diaryl/α,β-unsaturated/α-hetero) is 5. The number of aromatic nitrogens is 5. The molecule has 0 saturated carbocycles. The number of nitrogens with two attached hydrogens (primary N) is 5. The van der Waals surface area contributed by atoms with Crippen molar-refractivity contribution in [2.24, 2.45) is 53.6 Å². The lowest BCUT2D eigenvalue weighted by Gasteiger charge is -2.37. The third kappa shape index (κ3) is 25.8. The van der Waals surface area contributed by atoms with E-state index in [2.05, 4.69) is 78.8 Å². The van der Waals surface area contributed by atoms with Crippen LogP contribution in [-0.2, 0) is 83.5 Å². The molecule has 10 N–H and O–H groups in total. The summed E-state index contributed by atoms with van der Waals surface area (Å²) in [6, 6.07) is 34.0. The molecule has 734 valence electrons. The van der Waals surface area contributed by atoms with E-state index in [0.717, 1.165) is 6.07 Å². The third-order valence-corrected chi connectivity index (χ3v) is 23.2. The molecule has 0 amide bonds. The van der Waals surface area contributed by atoms with E-state index in [-0.39, 0.29) is 156 Å². The number of aliphatic imine (C=N–C) groups is 5. The first kappa shape index (κ1) is 107. The van der Waals surface area contributed by atoms with Crippen LogP contribution in [-0.4, -0.2) is 140 Å². The van der Waals surface area contributed by atoms with E-state index in [1.807, 2.05) is 6.92 Å². The highest BCUT2D eigenvalue weighted by molar-refractivity contribution is 5.99. The number of carbonyl (C=O) groups excluding carboxylic acids is 5. The standard InChI is InChI=1S/C20H16F4N4O2.3C20H18F2N4O2.C20H19FN4O2.CH4/c1-19(9-17(20(22,23)24)30-18(25)28-19)13-7-11(3-5-14(13)21)8-16(29)15-6-4-12(26-2)10-27-15;2*1-11-18(22)20(2,26-19(23)28-11)14-8-12(4-6-15(14)21)9-17(27)16-7-5-13(24-3)10-25-16;1-12-9-20(11-21,26-19(23)28-12)15-7-13(3-5-16(15)22)8-18(27)17-6-4-14(24-2)10-25-17;1-12-10-20(2,25-19(22)27-12)15-8-13(4-6-16(15)21)9-18(26)17-7-5-14(23-3)11-24-17;/h3-7,10,17H,8-9H2,1H3,(H2,25,28);2*4-8,10-11,18H,9H2,1-2H3,(H2,23,26);3-7,10,12H,8-9,11H2,1H3,(H2,23,26);4-8,11-12H,9-10H2,1-2H3,(H2,22,25);1H4/t17-,19+;11-,18+,20-;11-,18-,20+;12-,20-;12-,20+;/m11011./s1. The summed E-state index contributed by atoms with van der Waals surface area (Å²) in [6.45, 7) is 46.2. The zero-order valence-corrected chi connectivity index (χ0v) is 76.6. The molecule has 10 aromatic rings. The van der Waals surface area contributed by atoms with Gasteiger partial charge in [-0.3, -0.25) is 48.9 Å². The van der Waals surface area contributed by atoms with Gasteiger partial charge in [0, 0.05) is 110 Å². The van der Waals surface area contributed by atoms with Gasteiger partial charge in [-0.2, -0.15) is 13.2 Å². The van der Waals surface area contributed by atoms with E-state index in [0.29, 0.717) is 62.6 Å². The van der Waals surface area contributed by atoms with Gasteiger partial charge in [0.2, 0.25) is 28.4 Å². The van der Waals surface area contributed by atoms with E-state index in [4.69, 9.17) is 80.5 Å². The molecule has 5 aromatic heterocycles. The first-order chi connectivity index (χ1) is 66.7. The third-order valence-electron chi connectivity index (χ3n) is 23.2. The summed E-state index contributed by atoms with van der Waals surface area (Å²) >= 11 is 0. The van der Waals surface area contributed by atoms with Gasteiger partial charge in [-0.1, -0.05) is 68.1 Å². The van der Waals surface area contributed by atoms with Crippen molar-refractivity contribution in [1.82, 2.24) is 24.9 Å². The second kappa shape index (κ2) is 45.2. The predicted molar refractivity (Wildman–Crippen MR) is 503 cm³/mol. The minimum Gasteiger partial charge on any atom is -0.462 e. The molecule has 0 unspecified atom stereocenters. The Hall–Kier alpha value is -16.8. The van der Waals surface area contributed by atoms with E-state index in [1.165, 1.54) is 193 Å². The number of ether oxygens (including phenoxy) is 5. The van der Waals surface area contributed by atoms with Crippen molar-refractivity contribution in [3.63, 3.8) is 0 Å². The fourth-order valence-electron chi connectivity index (χ4n) is 16.1. The maximum Gasteiger partial charge on any atom is 0.425 e. The number of hydrogen-bond donors (Lipinski definition) is 5. The maximum absolute atomic E-state index is 14.8. The Kier molecular flexibility index (Phi) is 34.2. The lowest BCUT2D eigenvalue weighted by atomic mass is 9.83. The van der Waals surface area contributed by atoms with Gasteiger partial charge in [-0.15, -0.1) is 0 Å². The van der Waals surface area contributed by atoms with Gasteiger partial charge in [0.05, 0.1) is 43.9 Å². The Labute approximate surface area is 808 Å². The smallest absolute Gasteiger partial charge is 0.425 e. The molecule has 0 fully saturated rings. The van der Waals surface area contributed by atoms with Crippen LogP contribution >= 0.6 is 0 Å². The molecular formula is C101H93F11N20O10. The van der Waals surface area contributed by atoms with Crippen molar-refractivity contribution in [2.75, 3.05) is 6.67 Å². The summed E-state index contributed by atoms with van der Waals surface area (Å²) in [6.07, 6.45) is -6.34. The molecule has 5 aliphatic rings. The molecule has 30 nitrogen and oxygen atoms in total. The molecular weight excluding hydrogens is 1860 g/mol. The Morgan fingerprint density at radius 2 is 0.613 bits per heavy atom. The van der Waals surface area contributed by atoms with Crippen LogP contribution in [0.3, 0.4) is 0 Å². The van der Waals surface area contributed by atoms with Gasteiger partial charge in [0.1, 0.15) is 105 Å². The molecule has 10 heterocycles. The molecule has 12 atom stereocenters. The summed E-state index contributed by atoms with van der Waals surface area (Å²) < 4.78 is 181. The van der Waals surface area contributed by atoms with Crippen LogP contribution in [0.5, 0.6) is 0 Å². The number of alkyl halides is 6. The number of carbonyl (C=O) groups is 5. The van der Waals surface area contributed by atoms with E-state index < -0.39 is 125 Å². The highest BCUT2D eigenvalue weighted by atomic mass is 19.4. The number of hydrogen-bond acceptors (Lipinski definition) is 25. The van der Waals surface area contributed by atoms with Crippen molar-refractivity contribution < 1.29 is 96.0 Å². The summed E-state index contributed by atoms with van der Waals surface area (Å²) in [7, 11) is 0. The maximum atomic E-state index is 14.8. The molecule has 0 bridgehead atoms. The van der Waals surface area contributed by atoms with Crippen LogP contribution in [0.1, 0.15) is 190 Å². The van der Waals surface area contributed by atoms with Gasteiger partial charge in [-0.25, -0.2) is 84.3 Å². The van der Waals surface area contributed by atoms with Gasteiger partial charge < -0.3 is 52.4 Å². The van der Waals surface area contributed by atoms with E-state index in [9.17, 15) is 72.3 Å². The van der Waals surface area contributed by atoms with E-state index >= 15 is 0 Å². The topological polar surface area (TPSA) is 410 Å². The van der Waals surface area contributed by atoms with Crippen LogP contribution in [0.2, 0.25) is 0 Å². The highest BCUT2D eigenvalue weighted by Gasteiger charge is 2.52. The van der Waals surface area contributed by atoms with Gasteiger partial charge in [0.25, 0.3) is 30.1 Å². The number of amidine groups is 5. The number of pyridine rings is 5. The van der Waals surface area contributed by atoms with Crippen LogP contribution in [0, 0.1) is 61.9 Å². The summed E-state index contributed by atoms with van der Waals surface area (Å²) in [4.78, 5) is 119. The second-order valence-electron chi connectivity index (χ2n) is 34.0. The molecule has 41 heteroatoms. The Bertz CT molecular complexity index is 6470. The quantitative estimate of drug-likeness (QED) is 0.0253. The fraction of sp³-hybridized carbons (Fsp3) is 0.307. The van der Waals surface area contributed by atoms with Crippen LogP contribution < -0.4 is 28.7 Å². The number of halogens is 11. The van der Waals surface area contributed by atoms with Gasteiger partial charge in [-0.05, 0) is 174 Å². The zero-order valence-electron chi connectivity index (χ0n) is 76.6. The highest BCUT2D eigenvalue weighted by Crippen LogP contribution is 2.45. The number of rotatable bonds is 21. The number of benzene rings is 5. The lowest BCUT2D eigenvalue weighted by Crippen LogP contribution is -2.48. The molecule has 0 saturated heterocycles. The molecule has 5 aliphatic heterocycles. The minimum absolute atomic E-state index is 0. The van der Waals surface area contributed by atoms with Crippen molar-refractivity contribution in [2.45, 2.75) is 191 Å². The largest absolute Gasteiger partial charge is 0.462 e. The molecule has 142 heavy (non-hydrogen) atoms. The second-order valence-corrected chi connectivity index (χ2v) is 34.0. The lowest BCUT2D eigenvalue weighted by molar-refractivity contribution is -0.208. The molecule has 5 aromatic carbocycles. The Balaban J connectivity index is 0.000000182. The monoisotopic (exact) mass is 1950 g/mol. The number of ketones is 5. The number of nitrogens with zero attached hydrogens (tertiary/aromatic N) is 15. The summed E-state index contributed by atoms with van der Waals surface area (Å²) in [5.41, 5.74) is 26.3. The van der Waals surface area contributed by atoms with Gasteiger partial charge >= 0.3 is 6.18 Å². The first-order valence-electron chi connectivity index (χ1n) is 43.0. The van der Waals surface area contributed by atoms with Crippen molar-refractivity contribution in [3.8, 4) is 0 Å². The van der Waals surface area contributed by atoms with Crippen molar-refractivity contribution in [3.05, 3.63) is 353 Å². The van der Waals surface area contributed by atoms with Crippen molar-refractivity contribution in [1.29, 1.82) is 0 Å². The normalized spacial score (nSPS) is 22.3. The van der Waals surface area contributed by atoms with E-state index in [1.54, 1.807) is 32.0 Å². The first-order valence-corrected chi connectivity index (χ1v) is 43.0. The Morgan fingerprint density at radius 3 is 0.880 bits per heavy atom. The summed E-state index contributed by atoms with van der Waals surface area (Å²) in [5.74, 6) is -4.61. The van der Waals surface area contributed by atoms with Gasteiger partial charge in [0.15, 0.2) is 47.4 Å². The molecule has 0 aliphatic carbocycles. The fourth-order valence-corrected chi connectivity index (χ4v) is 16.1. The van der Waals surface area contributed by atoms with Crippen LogP contribution in [0.25, 0.3) is 24.2 Å². The predicted octanol–water partition coefficient (Wildman–Crippen LogP) is 18.7.